The number of rotatable bonds is 5. The highest BCUT2D eigenvalue weighted by Gasteiger charge is 2.18. The van der Waals surface area contributed by atoms with Gasteiger partial charge in [0.1, 0.15) is 5.82 Å². The molecule has 1 fully saturated rings. The number of carbonyl (C=O) groups excluding carboxylic acids is 1. The van der Waals surface area contributed by atoms with Crippen LogP contribution in [0.5, 0.6) is 0 Å². The number of piperazine rings is 1. The highest BCUT2D eigenvalue weighted by Crippen LogP contribution is 2.00. The minimum absolute atomic E-state index is 0.119. The zero-order chi connectivity index (χ0) is 13.7. The first-order chi connectivity index (χ1) is 9.20. The summed E-state index contributed by atoms with van der Waals surface area (Å²) in [5.41, 5.74) is 0. The molecule has 106 valence electrons. The largest absolute Gasteiger partial charge is 0.338 e. The summed E-state index contributed by atoms with van der Waals surface area (Å²) in [7, 11) is 1.80. The molecule has 1 amide bonds. The van der Waals surface area contributed by atoms with E-state index in [2.05, 4.69) is 25.4 Å². The zero-order valence-electron chi connectivity index (χ0n) is 11.6. The highest BCUT2D eigenvalue weighted by molar-refractivity contribution is 5.90. The maximum atomic E-state index is 12.1. The number of amides is 1. The normalized spacial score (nSPS) is 16.5. The predicted octanol–water partition coefficient (Wildman–Crippen LogP) is -0.656. The van der Waals surface area contributed by atoms with E-state index < -0.39 is 0 Å². The molecule has 1 aromatic heterocycles. The Hall–Kier alpha value is -1.47. The summed E-state index contributed by atoms with van der Waals surface area (Å²) in [5.74, 6) is 0.893. The van der Waals surface area contributed by atoms with Gasteiger partial charge < -0.3 is 10.2 Å². The van der Waals surface area contributed by atoms with E-state index >= 15 is 0 Å². The quantitative estimate of drug-likeness (QED) is 0.740. The summed E-state index contributed by atoms with van der Waals surface area (Å²) < 4.78 is 0. The van der Waals surface area contributed by atoms with Gasteiger partial charge in [0.15, 0.2) is 0 Å². The number of nitrogens with zero attached hydrogens (tertiary/aromatic N) is 4. The Morgan fingerprint density at radius 1 is 1.42 bits per heavy atom. The second kappa shape index (κ2) is 6.63. The van der Waals surface area contributed by atoms with Gasteiger partial charge in [-0.3, -0.25) is 14.8 Å². The predicted molar refractivity (Wildman–Crippen MR) is 72.0 cm³/mol. The summed E-state index contributed by atoms with van der Waals surface area (Å²) in [6.45, 7) is 7.72. The smallest absolute Gasteiger partial charge is 0.293 e. The van der Waals surface area contributed by atoms with E-state index in [0.29, 0.717) is 6.54 Å². The van der Waals surface area contributed by atoms with Gasteiger partial charge in [-0.2, -0.15) is 0 Å². The fourth-order valence-corrected chi connectivity index (χ4v) is 2.05. The van der Waals surface area contributed by atoms with Gasteiger partial charge >= 0.3 is 0 Å². The Morgan fingerprint density at radius 3 is 2.79 bits per heavy atom. The van der Waals surface area contributed by atoms with Gasteiger partial charge in [-0.05, 0) is 0 Å². The Bertz CT molecular complexity index is 412. The second-order valence-electron chi connectivity index (χ2n) is 4.78. The van der Waals surface area contributed by atoms with Crippen molar-refractivity contribution in [2.75, 3.05) is 46.3 Å². The van der Waals surface area contributed by atoms with E-state index in [1.807, 2.05) is 6.92 Å². The van der Waals surface area contributed by atoms with Gasteiger partial charge in [-0.15, -0.1) is 5.10 Å². The number of likely N-dealkylation sites (N-methyl/N-ethyl adjacent to an activating group) is 1. The van der Waals surface area contributed by atoms with Crippen molar-refractivity contribution >= 4 is 5.91 Å². The Kier molecular flexibility index (Phi) is 4.86. The minimum Gasteiger partial charge on any atom is -0.338 e. The van der Waals surface area contributed by atoms with E-state index in [-0.39, 0.29) is 11.7 Å². The summed E-state index contributed by atoms with van der Waals surface area (Å²) in [6, 6.07) is 0. The first-order valence-electron chi connectivity index (χ1n) is 6.80. The van der Waals surface area contributed by atoms with Crippen molar-refractivity contribution in [3.63, 3.8) is 0 Å². The number of hydrogen-bond acceptors (Lipinski definition) is 5. The summed E-state index contributed by atoms with van der Waals surface area (Å²) in [5, 5.41) is 10.0. The van der Waals surface area contributed by atoms with Crippen LogP contribution in [0.15, 0.2) is 0 Å². The molecule has 2 heterocycles. The van der Waals surface area contributed by atoms with E-state index in [1.165, 1.54) is 0 Å². The molecule has 7 heteroatoms. The van der Waals surface area contributed by atoms with Crippen molar-refractivity contribution in [3.05, 3.63) is 11.6 Å². The van der Waals surface area contributed by atoms with Crippen LogP contribution < -0.4 is 5.32 Å². The van der Waals surface area contributed by atoms with E-state index in [1.54, 1.807) is 11.9 Å². The molecule has 0 unspecified atom stereocenters. The maximum absolute atomic E-state index is 12.1. The van der Waals surface area contributed by atoms with Crippen LogP contribution in [0, 0.1) is 0 Å². The molecule has 2 N–H and O–H groups in total. The number of aromatic nitrogens is 3. The third-order valence-corrected chi connectivity index (χ3v) is 3.37. The summed E-state index contributed by atoms with van der Waals surface area (Å²) >= 11 is 0. The first-order valence-corrected chi connectivity index (χ1v) is 6.80. The van der Waals surface area contributed by atoms with Crippen LogP contribution in [0.2, 0.25) is 0 Å². The number of hydrogen-bond donors (Lipinski definition) is 2. The van der Waals surface area contributed by atoms with Gasteiger partial charge in [0.25, 0.3) is 5.91 Å². The van der Waals surface area contributed by atoms with Gasteiger partial charge in [-0.25, -0.2) is 4.98 Å². The molecule has 0 aliphatic carbocycles. The van der Waals surface area contributed by atoms with Crippen molar-refractivity contribution in [1.29, 1.82) is 0 Å². The van der Waals surface area contributed by atoms with Gasteiger partial charge in [-0.1, -0.05) is 6.92 Å². The van der Waals surface area contributed by atoms with Crippen LogP contribution in [-0.4, -0.2) is 77.2 Å². The number of aromatic amines is 1. The van der Waals surface area contributed by atoms with Crippen molar-refractivity contribution in [3.8, 4) is 0 Å². The van der Waals surface area contributed by atoms with Gasteiger partial charge in [0.2, 0.25) is 5.82 Å². The molecule has 0 radical (unpaired) electrons. The molecular formula is C12H22N6O. The molecule has 2 rings (SSSR count). The van der Waals surface area contributed by atoms with Crippen LogP contribution in [0.4, 0.5) is 0 Å². The number of aryl methyl sites for hydroxylation is 1. The third kappa shape index (κ3) is 3.74. The zero-order valence-corrected chi connectivity index (χ0v) is 11.6. The van der Waals surface area contributed by atoms with Crippen molar-refractivity contribution in [1.82, 2.24) is 30.3 Å². The van der Waals surface area contributed by atoms with Crippen molar-refractivity contribution < 1.29 is 4.79 Å². The molecule has 0 spiro atoms. The van der Waals surface area contributed by atoms with E-state index in [9.17, 15) is 4.79 Å². The lowest BCUT2D eigenvalue weighted by molar-refractivity contribution is 0.0763. The monoisotopic (exact) mass is 266 g/mol. The van der Waals surface area contributed by atoms with Crippen LogP contribution in [0.1, 0.15) is 23.4 Å². The lowest BCUT2D eigenvalue weighted by Gasteiger charge is -2.28. The molecule has 1 aliphatic rings. The molecule has 1 aromatic rings. The first kappa shape index (κ1) is 14.0. The lowest BCUT2D eigenvalue weighted by atomic mass is 10.3. The molecule has 0 saturated carbocycles. The number of carbonyl (C=O) groups is 1. The fourth-order valence-electron chi connectivity index (χ4n) is 2.05. The minimum atomic E-state index is -0.119. The Morgan fingerprint density at radius 2 is 2.16 bits per heavy atom. The molecular weight excluding hydrogens is 244 g/mol. The summed E-state index contributed by atoms with van der Waals surface area (Å²) in [4.78, 5) is 20.3. The lowest BCUT2D eigenvalue weighted by Crippen LogP contribution is -2.46. The number of H-pyrrole nitrogens is 1. The molecule has 1 aliphatic heterocycles. The SMILES string of the molecule is CCc1nc(C(=O)N(C)CCN2CCNCC2)n[nH]1. The average Bonchev–Trinajstić information content (AvgIpc) is 2.94. The second-order valence-corrected chi connectivity index (χ2v) is 4.78. The van der Waals surface area contributed by atoms with Gasteiger partial charge in [0, 0.05) is 52.7 Å². The fraction of sp³-hybridized carbons (Fsp3) is 0.750. The topological polar surface area (TPSA) is 77.2 Å². The molecule has 1 saturated heterocycles. The van der Waals surface area contributed by atoms with E-state index in [0.717, 1.165) is 45.0 Å². The molecule has 0 atom stereocenters. The van der Waals surface area contributed by atoms with Crippen LogP contribution in [0.25, 0.3) is 0 Å². The van der Waals surface area contributed by atoms with E-state index in [4.69, 9.17) is 0 Å². The van der Waals surface area contributed by atoms with Crippen molar-refractivity contribution in [2.24, 2.45) is 0 Å². The molecule has 7 nitrogen and oxygen atoms in total. The highest BCUT2D eigenvalue weighted by atomic mass is 16.2. The molecule has 0 bridgehead atoms. The van der Waals surface area contributed by atoms with Crippen LogP contribution in [0.3, 0.4) is 0 Å². The number of nitrogens with one attached hydrogen (secondary N) is 2. The standard InChI is InChI=1S/C12H22N6O/c1-3-10-14-11(16-15-10)12(19)17(2)8-9-18-6-4-13-5-7-18/h13H,3-9H2,1-2H3,(H,14,15,16). The Balaban J connectivity index is 1.81. The summed E-state index contributed by atoms with van der Waals surface area (Å²) in [6.07, 6.45) is 0.755. The maximum Gasteiger partial charge on any atom is 0.293 e. The Labute approximate surface area is 113 Å². The average molecular weight is 266 g/mol. The van der Waals surface area contributed by atoms with Crippen LogP contribution >= 0.6 is 0 Å². The molecule has 19 heavy (non-hydrogen) atoms. The van der Waals surface area contributed by atoms with Gasteiger partial charge in [0.05, 0.1) is 0 Å². The van der Waals surface area contributed by atoms with Crippen molar-refractivity contribution in [2.45, 2.75) is 13.3 Å². The van der Waals surface area contributed by atoms with Crippen LogP contribution in [-0.2, 0) is 6.42 Å². The third-order valence-electron chi connectivity index (χ3n) is 3.37. The molecule has 0 aromatic carbocycles.